The Bertz CT molecular complexity index is 1530. The van der Waals surface area contributed by atoms with Gasteiger partial charge < -0.3 is 4.79 Å². The minimum atomic E-state index is -0.507. The summed E-state index contributed by atoms with van der Waals surface area (Å²) in [5.74, 6) is -0.184. The first-order valence-corrected chi connectivity index (χ1v) is 12.1. The van der Waals surface area contributed by atoms with Crippen LogP contribution in [-0.2, 0) is 16.6 Å². The minimum absolute atomic E-state index is 0.0543. The van der Waals surface area contributed by atoms with E-state index in [0.717, 1.165) is 52.3 Å². The summed E-state index contributed by atoms with van der Waals surface area (Å²) in [7, 11) is 0. The average molecular weight is 473 g/mol. The number of hydrogen-bond donors (Lipinski definition) is 0. The summed E-state index contributed by atoms with van der Waals surface area (Å²) in [6.45, 7) is 11.8. The van der Waals surface area contributed by atoms with E-state index in [9.17, 15) is 4.79 Å². The van der Waals surface area contributed by atoms with Crippen molar-refractivity contribution >= 4 is 5.78 Å². The molecule has 3 aromatic heterocycles. The van der Waals surface area contributed by atoms with Crippen molar-refractivity contribution < 1.29 is 4.79 Å². The predicted octanol–water partition coefficient (Wildman–Crippen LogP) is 5.23. The van der Waals surface area contributed by atoms with Gasteiger partial charge in [0.2, 0.25) is 5.70 Å². The summed E-state index contributed by atoms with van der Waals surface area (Å²) < 4.78 is 2.00. The summed E-state index contributed by atoms with van der Waals surface area (Å²) in [6, 6.07) is 14.0. The molecule has 6 rings (SSSR count). The molecule has 0 fully saturated rings. The Balaban J connectivity index is 1.57. The molecule has 0 saturated heterocycles. The van der Waals surface area contributed by atoms with Crippen molar-refractivity contribution in [2.75, 3.05) is 0 Å². The number of carbonyl (C=O) groups is 1. The lowest BCUT2D eigenvalue weighted by molar-refractivity contribution is -0.121. The SMILES string of the molecule is [C-]#[N+]C1=C[C@@]2(C)c3c(c(-c4ccccn4)nn3-c3ccc(-c4cncnc4)cc3)CC[C@@H]2[C@@H](C)C1=O. The molecule has 1 aromatic carbocycles. The third kappa shape index (κ3) is 3.29. The van der Waals surface area contributed by atoms with Crippen molar-refractivity contribution in [2.24, 2.45) is 11.8 Å². The van der Waals surface area contributed by atoms with E-state index in [0.29, 0.717) is 0 Å². The van der Waals surface area contributed by atoms with Crippen molar-refractivity contribution in [3.8, 4) is 28.2 Å². The number of aromatic nitrogens is 5. The zero-order chi connectivity index (χ0) is 24.9. The molecule has 2 aliphatic rings. The highest BCUT2D eigenvalue weighted by atomic mass is 16.1. The quantitative estimate of drug-likeness (QED) is 0.382. The van der Waals surface area contributed by atoms with Gasteiger partial charge in [-0.2, -0.15) is 5.10 Å². The Hall–Kier alpha value is -4.44. The molecular weight excluding hydrogens is 448 g/mol. The van der Waals surface area contributed by atoms with Crippen LogP contribution in [0.5, 0.6) is 0 Å². The topological polar surface area (TPSA) is 77.9 Å². The van der Waals surface area contributed by atoms with Gasteiger partial charge in [0.05, 0.1) is 23.6 Å². The van der Waals surface area contributed by atoms with Crippen LogP contribution < -0.4 is 0 Å². The molecule has 0 N–H and O–H groups in total. The van der Waals surface area contributed by atoms with E-state index < -0.39 is 5.41 Å². The number of hydrogen-bond acceptors (Lipinski definition) is 5. The highest BCUT2D eigenvalue weighted by Gasteiger charge is 2.50. The maximum Gasteiger partial charge on any atom is 0.226 e. The fourth-order valence-electron chi connectivity index (χ4n) is 5.96. The molecule has 0 spiro atoms. The third-order valence-electron chi connectivity index (χ3n) is 7.71. The highest BCUT2D eigenvalue weighted by molar-refractivity contribution is 6.00. The molecule has 3 atom stereocenters. The second-order valence-corrected chi connectivity index (χ2v) is 9.70. The molecule has 0 aliphatic heterocycles. The van der Waals surface area contributed by atoms with Gasteiger partial charge >= 0.3 is 0 Å². The van der Waals surface area contributed by atoms with Crippen LogP contribution in [0.1, 0.15) is 31.5 Å². The van der Waals surface area contributed by atoms with Gasteiger partial charge in [0.25, 0.3) is 0 Å². The molecule has 4 aromatic rings. The van der Waals surface area contributed by atoms with Gasteiger partial charge in [-0.3, -0.25) is 4.98 Å². The van der Waals surface area contributed by atoms with Gasteiger partial charge in [-0.15, -0.1) is 0 Å². The van der Waals surface area contributed by atoms with Gasteiger partial charge in [-0.05, 0) is 48.6 Å². The number of pyridine rings is 1. The second kappa shape index (κ2) is 8.35. The summed E-state index contributed by atoms with van der Waals surface area (Å²) in [5.41, 5.74) is 6.44. The van der Waals surface area contributed by atoms with Crippen molar-refractivity contribution in [3.05, 3.63) is 102 Å². The average Bonchev–Trinajstić information content (AvgIpc) is 3.33. The fourth-order valence-corrected chi connectivity index (χ4v) is 5.96. The maximum atomic E-state index is 12.9. The molecule has 0 radical (unpaired) electrons. The zero-order valence-electron chi connectivity index (χ0n) is 20.1. The van der Waals surface area contributed by atoms with Crippen molar-refractivity contribution in [2.45, 2.75) is 32.1 Å². The van der Waals surface area contributed by atoms with Crippen LogP contribution >= 0.6 is 0 Å². The Kier molecular flexibility index (Phi) is 5.11. The van der Waals surface area contributed by atoms with E-state index >= 15 is 0 Å². The first-order valence-electron chi connectivity index (χ1n) is 12.1. The smallest absolute Gasteiger partial charge is 0.226 e. The summed E-state index contributed by atoms with van der Waals surface area (Å²) in [5, 5.41) is 5.10. The first-order chi connectivity index (χ1) is 17.5. The first kappa shape index (κ1) is 22.1. The zero-order valence-corrected chi connectivity index (χ0v) is 20.1. The Labute approximate surface area is 209 Å². The maximum absolute atomic E-state index is 12.9. The Morgan fingerprint density at radius 1 is 1.08 bits per heavy atom. The van der Waals surface area contributed by atoms with Crippen LogP contribution in [0, 0.1) is 18.4 Å². The highest BCUT2D eigenvalue weighted by Crippen LogP contribution is 2.52. The van der Waals surface area contributed by atoms with Gasteiger partial charge in [0.15, 0.2) is 5.78 Å². The Morgan fingerprint density at radius 3 is 2.56 bits per heavy atom. The minimum Gasteiger partial charge on any atom is -0.308 e. The lowest BCUT2D eigenvalue weighted by atomic mass is 9.58. The summed E-state index contributed by atoms with van der Waals surface area (Å²) in [6.07, 6.45) is 10.4. The van der Waals surface area contributed by atoms with E-state index in [1.54, 1.807) is 18.6 Å². The lowest BCUT2D eigenvalue weighted by Crippen LogP contribution is -2.46. The van der Waals surface area contributed by atoms with Gasteiger partial charge in [-0.1, -0.05) is 38.1 Å². The van der Waals surface area contributed by atoms with E-state index in [2.05, 4.69) is 26.7 Å². The van der Waals surface area contributed by atoms with Crippen molar-refractivity contribution in [3.63, 3.8) is 0 Å². The van der Waals surface area contributed by atoms with E-state index in [1.807, 2.05) is 60.1 Å². The van der Waals surface area contributed by atoms with Crippen molar-refractivity contribution in [1.29, 1.82) is 0 Å². The molecule has 3 heterocycles. The second-order valence-electron chi connectivity index (χ2n) is 9.70. The number of rotatable bonds is 3. The summed E-state index contributed by atoms with van der Waals surface area (Å²) >= 11 is 0. The number of nitrogens with zero attached hydrogens (tertiary/aromatic N) is 6. The van der Waals surface area contributed by atoms with E-state index in [-0.39, 0.29) is 23.3 Å². The molecule has 0 amide bonds. The van der Waals surface area contributed by atoms with Gasteiger partial charge in [0.1, 0.15) is 12.0 Å². The predicted molar refractivity (Wildman–Crippen MR) is 136 cm³/mol. The van der Waals surface area contributed by atoms with Crippen LogP contribution in [0.2, 0.25) is 0 Å². The molecular formula is C29H24N6O. The molecule has 7 heteroatoms. The number of carbonyl (C=O) groups excluding carboxylic acids is 1. The van der Waals surface area contributed by atoms with E-state index in [4.69, 9.17) is 11.7 Å². The van der Waals surface area contributed by atoms with Crippen LogP contribution in [-0.4, -0.2) is 30.5 Å². The standard InChI is InChI=1S/C29H24N6O/c1-18-23-12-11-22-26(24-6-4-5-13-33-24)34-35(28(22)29(23,2)14-25(30-3)27(18)36)21-9-7-19(8-10-21)20-15-31-17-32-16-20/h4-10,13-18,23H,11-12H2,1-2H3/t18-,23-,29-/m1/s1. The van der Waals surface area contributed by atoms with Crippen LogP contribution in [0.25, 0.3) is 33.0 Å². The molecule has 0 bridgehead atoms. The third-order valence-corrected chi connectivity index (χ3v) is 7.71. The van der Waals surface area contributed by atoms with E-state index in [1.165, 1.54) is 6.33 Å². The Morgan fingerprint density at radius 2 is 1.86 bits per heavy atom. The van der Waals surface area contributed by atoms with Gasteiger partial charge in [-0.25, -0.2) is 19.5 Å². The van der Waals surface area contributed by atoms with Crippen LogP contribution in [0.4, 0.5) is 0 Å². The normalized spacial score (nSPS) is 22.8. The number of benzene rings is 1. The fraction of sp³-hybridized carbons (Fsp3) is 0.241. The summed E-state index contributed by atoms with van der Waals surface area (Å²) in [4.78, 5) is 29.3. The number of fused-ring (bicyclic) bond motifs is 3. The van der Waals surface area contributed by atoms with Crippen molar-refractivity contribution in [1.82, 2.24) is 24.7 Å². The van der Waals surface area contributed by atoms with Crippen LogP contribution in [0.3, 0.4) is 0 Å². The molecule has 0 saturated carbocycles. The molecule has 0 unspecified atom stereocenters. The van der Waals surface area contributed by atoms with Gasteiger partial charge in [0, 0.05) is 41.1 Å². The monoisotopic (exact) mass is 472 g/mol. The van der Waals surface area contributed by atoms with Crippen LogP contribution in [0.15, 0.2) is 79.2 Å². The number of ketones is 1. The molecule has 7 nitrogen and oxygen atoms in total. The lowest BCUT2D eigenvalue weighted by Gasteiger charge is -2.45. The number of allylic oxidation sites excluding steroid dienone is 2. The molecule has 176 valence electrons. The molecule has 36 heavy (non-hydrogen) atoms. The number of Topliss-reactive ketones (excluding diaryl/α,β-unsaturated/α-hetero) is 1. The largest absolute Gasteiger partial charge is 0.308 e. The molecule has 2 aliphatic carbocycles.